The molecule has 0 fully saturated rings. The van der Waals surface area contributed by atoms with Crippen LogP contribution in [0.2, 0.25) is 0 Å². The summed E-state index contributed by atoms with van der Waals surface area (Å²) in [6.07, 6.45) is 0. The molecule has 0 saturated heterocycles. The Bertz CT molecular complexity index is 949. The van der Waals surface area contributed by atoms with Crippen LogP contribution < -0.4 is 15.2 Å². The van der Waals surface area contributed by atoms with Crippen molar-refractivity contribution in [3.63, 3.8) is 0 Å². The maximum atomic E-state index is 10.8. The largest absolute Gasteiger partial charge is 0.496 e. The quantitative estimate of drug-likeness (QED) is 0.200. The van der Waals surface area contributed by atoms with Crippen LogP contribution in [0.3, 0.4) is 0 Å². The molecular weight excluding hydrogens is 370 g/mol. The molecule has 0 amide bonds. The van der Waals surface area contributed by atoms with Crippen molar-refractivity contribution in [3.8, 4) is 11.5 Å². The number of hydrogen-bond donors (Lipinski definition) is 4. The molecule has 0 aromatic heterocycles. The number of benzene rings is 2. The second-order valence-corrected chi connectivity index (χ2v) is 5.01. The van der Waals surface area contributed by atoms with E-state index in [1.165, 1.54) is 50.6 Å². The smallest absolute Gasteiger partial charge is 0.339 e. The maximum Gasteiger partial charge on any atom is 0.339 e. The van der Waals surface area contributed by atoms with Gasteiger partial charge >= 0.3 is 11.9 Å². The van der Waals surface area contributed by atoms with E-state index in [0.29, 0.717) is 11.3 Å². The van der Waals surface area contributed by atoms with Crippen LogP contribution >= 0.6 is 0 Å². The van der Waals surface area contributed by atoms with Crippen molar-refractivity contribution in [2.24, 2.45) is 10.9 Å². The zero-order valence-corrected chi connectivity index (χ0v) is 14.9. The van der Waals surface area contributed by atoms with E-state index >= 15 is 0 Å². The first-order valence-electron chi connectivity index (χ1n) is 7.47. The highest BCUT2D eigenvalue weighted by atomic mass is 16.5. The van der Waals surface area contributed by atoms with E-state index in [-0.39, 0.29) is 28.5 Å². The number of methoxy groups -OCH3 is 2. The molecule has 2 rings (SSSR count). The Kier molecular flexibility index (Phi) is 7.80. The first-order chi connectivity index (χ1) is 13.3. The molecule has 0 aliphatic heterocycles. The first-order valence-corrected chi connectivity index (χ1v) is 7.47. The van der Waals surface area contributed by atoms with Crippen LogP contribution in [0, 0.1) is 6.57 Å². The molecule has 0 saturated carbocycles. The summed E-state index contributed by atoms with van der Waals surface area (Å²) in [6.45, 7) is 6.70. The van der Waals surface area contributed by atoms with Gasteiger partial charge in [-0.3, -0.25) is 0 Å². The normalized spacial score (nSPS) is 10.1. The third-order valence-electron chi connectivity index (χ3n) is 3.38. The van der Waals surface area contributed by atoms with E-state index in [2.05, 4.69) is 10.0 Å². The molecule has 0 heterocycles. The van der Waals surface area contributed by atoms with Crippen LogP contribution in [0.1, 0.15) is 26.3 Å². The molecule has 5 N–H and O–H groups in total. The molecule has 0 unspecified atom stereocenters. The minimum Gasteiger partial charge on any atom is -0.496 e. The van der Waals surface area contributed by atoms with Gasteiger partial charge in [0.05, 0.1) is 26.4 Å². The fourth-order valence-corrected chi connectivity index (χ4v) is 2.02. The Morgan fingerprint density at radius 3 is 1.93 bits per heavy atom. The highest BCUT2D eigenvalue weighted by molar-refractivity contribution is 6.00. The van der Waals surface area contributed by atoms with Crippen LogP contribution in [-0.4, -0.2) is 47.4 Å². The summed E-state index contributed by atoms with van der Waals surface area (Å²) in [4.78, 5) is 24.6. The molecule has 0 spiro atoms. The highest BCUT2D eigenvalue weighted by Crippen LogP contribution is 2.24. The number of hydrogen-bond acceptors (Lipinski definition) is 6. The number of aromatic carboxylic acids is 2. The Hall–Kier alpha value is -4.26. The molecule has 146 valence electrons. The van der Waals surface area contributed by atoms with Crippen molar-refractivity contribution < 1.29 is 34.5 Å². The van der Waals surface area contributed by atoms with E-state index < -0.39 is 11.9 Å². The van der Waals surface area contributed by atoms with E-state index in [1.807, 2.05) is 0 Å². The van der Waals surface area contributed by atoms with Crippen LogP contribution in [-0.2, 0) is 0 Å². The third kappa shape index (κ3) is 5.37. The fourth-order valence-electron chi connectivity index (χ4n) is 2.02. The van der Waals surface area contributed by atoms with Crippen LogP contribution in [0.5, 0.6) is 11.5 Å². The van der Waals surface area contributed by atoms with Gasteiger partial charge in [0.2, 0.25) is 0 Å². The van der Waals surface area contributed by atoms with Gasteiger partial charge in [0.15, 0.2) is 11.5 Å². The van der Waals surface area contributed by atoms with Gasteiger partial charge in [-0.15, -0.1) is 0 Å². The average molecular weight is 387 g/mol. The molecule has 0 bridgehead atoms. The van der Waals surface area contributed by atoms with Crippen molar-refractivity contribution in [2.45, 2.75) is 0 Å². The van der Waals surface area contributed by atoms with Gasteiger partial charge in [0.1, 0.15) is 17.1 Å². The summed E-state index contributed by atoms with van der Waals surface area (Å²) in [5, 5.41) is 28.8. The Morgan fingerprint density at radius 1 is 1.00 bits per heavy atom. The SMILES string of the molecule is COc1ccc(/C(N)=N/O)cc1C(=O)O.[C-]#[N+]c1ccc(OC)c(C(=O)O)c1. The minimum absolute atomic E-state index is 0.0102. The molecule has 0 aliphatic carbocycles. The maximum absolute atomic E-state index is 10.8. The summed E-state index contributed by atoms with van der Waals surface area (Å²) < 4.78 is 9.67. The van der Waals surface area contributed by atoms with Gasteiger partial charge in [-0.05, 0) is 30.3 Å². The average Bonchev–Trinajstić information content (AvgIpc) is 2.72. The molecule has 2 aromatic carbocycles. The predicted octanol–water partition coefficient (Wildman–Crippen LogP) is 2.43. The molecule has 28 heavy (non-hydrogen) atoms. The summed E-state index contributed by atoms with van der Waals surface area (Å²) in [5.74, 6) is -1.90. The molecule has 10 heteroatoms. The molecule has 0 radical (unpaired) electrons. The Morgan fingerprint density at radius 2 is 1.50 bits per heavy atom. The van der Waals surface area contributed by atoms with E-state index in [0.717, 1.165) is 0 Å². The number of rotatable bonds is 5. The standard InChI is InChI=1S/C9H10N2O4.C9H7NO3/c1-15-7-3-2-5(8(10)11-14)4-6(7)9(12)13;1-10-6-3-4-8(13-2)7(5-6)9(11)12/h2-4,14H,1H3,(H2,10,11)(H,12,13);3-5H,2H3,(H,11,12). The number of carboxylic acids is 2. The van der Waals surface area contributed by atoms with E-state index in [1.54, 1.807) is 0 Å². The van der Waals surface area contributed by atoms with Gasteiger partial charge < -0.3 is 30.6 Å². The lowest BCUT2D eigenvalue weighted by Gasteiger charge is -2.06. The van der Waals surface area contributed by atoms with Gasteiger partial charge in [0.25, 0.3) is 0 Å². The number of oxime groups is 1. The molecule has 0 aliphatic rings. The van der Waals surface area contributed by atoms with Crippen LogP contribution in [0.4, 0.5) is 5.69 Å². The van der Waals surface area contributed by atoms with E-state index in [4.69, 9.17) is 37.2 Å². The highest BCUT2D eigenvalue weighted by Gasteiger charge is 2.13. The van der Waals surface area contributed by atoms with Gasteiger partial charge in [0, 0.05) is 5.56 Å². The minimum atomic E-state index is -1.14. The van der Waals surface area contributed by atoms with Crippen molar-refractivity contribution >= 4 is 23.5 Å². The lowest BCUT2D eigenvalue weighted by atomic mass is 10.1. The van der Waals surface area contributed by atoms with Crippen LogP contribution in [0.25, 0.3) is 4.85 Å². The number of carbonyl (C=O) groups is 2. The summed E-state index contributed by atoms with van der Waals surface area (Å²) >= 11 is 0. The summed E-state index contributed by atoms with van der Waals surface area (Å²) in [5.41, 5.74) is 5.90. The lowest BCUT2D eigenvalue weighted by molar-refractivity contribution is 0.0682. The Labute approximate surface area is 159 Å². The van der Waals surface area contributed by atoms with E-state index in [9.17, 15) is 9.59 Å². The monoisotopic (exact) mass is 387 g/mol. The number of amidine groups is 1. The topological polar surface area (TPSA) is 156 Å². The van der Waals surface area contributed by atoms with Crippen molar-refractivity contribution in [1.29, 1.82) is 0 Å². The van der Waals surface area contributed by atoms with Crippen molar-refractivity contribution in [2.75, 3.05) is 14.2 Å². The number of ether oxygens (including phenoxy) is 2. The Balaban J connectivity index is 0.000000283. The van der Waals surface area contributed by atoms with Crippen molar-refractivity contribution in [3.05, 3.63) is 64.5 Å². The molecular formula is C18H17N3O7. The van der Waals surface area contributed by atoms with Gasteiger partial charge in [-0.25, -0.2) is 14.4 Å². The molecule has 10 nitrogen and oxygen atoms in total. The fraction of sp³-hybridized carbons (Fsp3) is 0.111. The van der Waals surface area contributed by atoms with Crippen LogP contribution in [0.15, 0.2) is 41.6 Å². The number of nitrogens with two attached hydrogens (primary N) is 1. The molecule has 0 atom stereocenters. The zero-order valence-electron chi connectivity index (χ0n) is 14.9. The predicted molar refractivity (Wildman–Crippen MR) is 98.7 cm³/mol. The summed E-state index contributed by atoms with van der Waals surface area (Å²) in [7, 11) is 2.75. The molecule has 2 aromatic rings. The first kappa shape index (κ1) is 21.8. The second kappa shape index (κ2) is 10.0. The second-order valence-electron chi connectivity index (χ2n) is 5.01. The number of carboxylic acid groups (broad SMARTS) is 2. The van der Waals surface area contributed by atoms with Gasteiger partial charge in [-0.1, -0.05) is 11.2 Å². The van der Waals surface area contributed by atoms with Gasteiger partial charge in [-0.2, -0.15) is 0 Å². The number of nitrogens with zero attached hydrogens (tertiary/aromatic N) is 2. The lowest BCUT2D eigenvalue weighted by Crippen LogP contribution is -2.14. The summed E-state index contributed by atoms with van der Waals surface area (Å²) in [6, 6.07) is 8.48. The van der Waals surface area contributed by atoms with Crippen molar-refractivity contribution in [1.82, 2.24) is 0 Å². The zero-order chi connectivity index (χ0) is 21.3. The third-order valence-corrected chi connectivity index (χ3v) is 3.38.